The summed E-state index contributed by atoms with van der Waals surface area (Å²) in [5, 5.41) is 5.98. The molecule has 2 aromatic rings. The molecule has 1 aliphatic carbocycles. The first-order chi connectivity index (χ1) is 16.9. The number of hydrogen-bond acceptors (Lipinski definition) is 6. The van der Waals surface area contributed by atoms with Crippen molar-refractivity contribution in [3.05, 3.63) is 53.6 Å². The van der Waals surface area contributed by atoms with E-state index in [1.54, 1.807) is 45.4 Å². The molecule has 1 aliphatic heterocycles. The number of ether oxygens (including phenoxy) is 3. The largest absolute Gasteiger partial charge is 0.493 e. The number of fused-ring (bicyclic) bond motifs is 1. The number of carbonyl (C=O) groups excluding carboxylic acids is 2. The van der Waals surface area contributed by atoms with E-state index in [1.807, 2.05) is 6.07 Å². The molecule has 2 N–H and O–H groups in total. The summed E-state index contributed by atoms with van der Waals surface area (Å²) < 4.78 is 16.1. The number of nitrogens with one attached hydrogen (secondary N) is 2. The van der Waals surface area contributed by atoms with E-state index in [-0.39, 0.29) is 24.1 Å². The first kappa shape index (κ1) is 24.9. The van der Waals surface area contributed by atoms with Gasteiger partial charge < -0.3 is 29.7 Å². The third kappa shape index (κ3) is 4.93. The first-order valence-electron chi connectivity index (χ1n) is 12.2. The Balaban J connectivity index is 1.47. The molecule has 0 radical (unpaired) electrons. The molecule has 0 bridgehead atoms. The molecule has 2 aromatic carbocycles. The van der Waals surface area contributed by atoms with Crippen LogP contribution in [0.1, 0.15) is 48.5 Å². The molecule has 1 heterocycles. The SMILES string of the molecule is CCOC(=O)c1ccccc1NC(=O)N[C@@H]1CC[C@@]2(c3ccc(OC)c(OC)c3)CCN(C)[C@H]2C1. The monoisotopic (exact) mass is 481 g/mol. The number of likely N-dealkylation sites (N-methyl/N-ethyl adjacent to an activating group) is 1. The molecule has 3 atom stereocenters. The van der Waals surface area contributed by atoms with Gasteiger partial charge in [0.15, 0.2) is 11.5 Å². The Morgan fingerprint density at radius 1 is 1.09 bits per heavy atom. The van der Waals surface area contributed by atoms with Gasteiger partial charge in [0.05, 0.1) is 32.1 Å². The maximum Gasteiger partial charge on any atom is 0.340 e. The van der Waals surface area contributed by atoms with E-state index in [0.29, 0.717) is 17.3 Å². The van der Waals surface area contributed by atoms with Crippen LogP contribution in [-0.2, 0) is 10.2 Å². The second-order valence-corrected chi connectivity index (χ2v) is 9.31. The Kier molecular flexibility index (Phi) is 7.50. The first-order valence-corrected chi connectivity index (χ1v) is 12.2. The van der Waals surface area contributed by atoms with Crippen molar-refractivity contribution < 1.29 is 23.8 Å². The Bertz CT molecular complexity index is 1070. The molecule has 2 fully saturated rings. The predicted molar refractivity (Wildman–Crippen MR) is 134 cm³/mol. The molecule has 2 aliphatic rings. The van der Waals surface area contributed by atoms with Crippen LogP contribution in [0, 0.1) is 0 Å². The number of para-hydroxylation sites is 1. The zero-order valence-electron chi connectivity index (χ0n) is 20.9. The van der Waals surface area contributed by atoms with Gasteiger partial charge in [-0.2, -0.15) is 0 Å². The molecule has 0 aromatic heterocycles. The molecule has 1 saturated carbocycles. The van der Waals surface area contributed by atoms with Gasteiger partial charge in [-0.3, -0.25) is 0 Å². The highest BCUT2D eigenvalue weighted by molar-refractivity contribution is 6.00. The van der Waals surface area contributed by atoms with Crippen molar-refractivity contribution in [3.8, 4) is 11.5 Å². The molecule has 0 unspecified atom stereocenters. The van der Waals surface area contributed by atoms with Crippen LogP contribution < -0.4 is 20.1 Å². The topological polar surface area (TPSA) is 89.1 Å². The molecular weight excluding hydrogens is 446 g/mol. The Morgan fingerprint density at radius 2 is 1.86 bits per heavy atom. The van der Waals surface area contributed by atoms with Crippen LogP contribution in [0.3, 0.4) is 0 Å². The number of rotatable bonds is 7. The minimum atomic E-state index is -0.451. The van der Waals surface area contributed by atoms with E-state index in [0.717, 1.165) is 43.7 Å². The maximum absolute atomic E-state index is 12.9. The van der Waals surface area contributed by atoms with E-state index in [2.05, 4.69) is 34.7 Å². The van der Waals surface area contributed by atoms with Crippen LogP contribution in [0.25, 0.3) is 0 Å². The number of nitrogens with zero attached hydrogens (tertiary/aromatic N) is 1. The fourth-order valence-electron chi connectivity index (χ4n) is 5.72. The highest BCUT2D eigenvalue weighted by Crippen LogP contribution is 2.49. The Hall–Kier alpha value is -3.26. The van der Waals surface area contributed by atoms with E-state index < -0.39 is 5.97 Å². The molecular formula is C27H35N3O5. The van der Waals surface area contributed by atoms with Gasteiger partial charge in [0.25, 0.3) is 0 Å². The van der Waals surface area contributed by atoms with Gasteiger partial charge in [-0.15, -0.1) is 0 Å². The minimum absolute atomic E-state index is 0.0134. The number of amides is 2. The van der Waals surface area contributed by atoms with Gasteiger partial charge in [0.2, 0.25) is 0 Å². The van der Waals surface area contributed by atoms with Gasteiger partial charge in [0, 0.05) is 17.5 Å². The predicted octanol–water partition coefficient (Wildman–Crippen LogP) is 4.20. The molecule has 35 heavy (non-hydrogen) atoms. The lowest BCUT2D eigenvalue weighted by molar-refractivity contribution is 0.0527. The smallest absolute Gasteiger partial charge is 0.340 e. The van der Waals surface area contributed by atoms with Crippen LogP contribution in [0.2, 0.25) is 0 Å². The minimum Gasteiger partial charge on any atom is -0.493 e. The Morgan fingerprint density at radius 3 is 2.60 bits per heavy atom. The van der Waals surface area contributed by atoms with E-state index in [9.17, 15) is 9.59 Å². The summed E-state index contributed by atoms with van der Waals surface area (Å²) >= 11 is 0. The number of hydrogen-bond donors (Lipinski definition) is 2. The summed E-state index contributed by atoms with van der Waals surface area (Å²) in [6.07, 6.45) is 3.74. The van der Waals surface area contributed by atoms with E-state index in [1.165, 1.54) is 5.56 Å². The van der Waals surface area contributed by atoms with Gasteiger partial charge >= 0.3 is 12.0 Å². The van der Waals surface area contributed by atoms with Crippen molar-refractivity contribution in [2.45, 2.75) is 50.1 Å². The van der Waals surface area contributed by atoms with Crippen LogP contribution in [0.5, 0.6) is 11.5 Å². The van der Waals surface area contributed by atoms with Crippen LogP contribution in [0.15, 0.2) is 42.5 Å². The molecule has 4 rings (SSSR count). The summed E-state index contributed by atoms with van der Waals surface area (Å²) in [6, 6.07) is 13.2. The quantitative estimate of drug-likeness (QED) is 0.577. The zero-order chi connectivity index (χ0) is 25.0. The average molecular weight is 482 g/mol. The number of carbonyl (C=O) groups is 2. The van der Waals surface area contributed by atoms with Gasteiger partial charge in [-0.05, 0) is 76.0 Å². The van der Waals surface area contributed by atoms with Crippen molar-refractivity contribution in [3.63, 3.8) is 0 Å². The van der Waals surface area contributed by atoms with Crippen LogP contribution in [-0.4, -0.2) is 63.4 Å². The molecule has 8 heteroatoms. The van der Waals surface area contributed by atoms with Gasteiger partial charge in [0.1, 0.15) is 0 Å². The fraction of sp³-hybridized carbons (Fsp3) is 0.481. The van der Waals surface area contributed by atoms with Crippen LogP contribution in [0.4, 0.5) is 10.5 Å². The van der Waals surface area contributed by atoms with E-state index in [4.69, 9.17) is 14.2 Å². The number of anilines is 1. The number of urea groups is 1. The standard InChI is InChI=1S/C27H35N3O5/c1-5-35-25(31)20-8-6-7-9-21(20)29-26(32)28-19-12-13-27(14-15-30(2)24(27)17-19)18-10-11-22(33-3)23(16-18)34-4/h6-11,16,19,24H,5,12-15,17H2,1-4H3,(H2,28,29,32)/t19-,24+,27+/m1/s1. The summed E-state index contributed by atoms with van der Waals surface area (Å²) in [5.41, 5.74) is 2.06. The molecule has 1 saturated heterocycles. The van der Waals surface area contributed by atoms with Crippen molar-refractivity contribution in [1.82, 2.24) is 10.2 Å². The average Bonchev–Trinajstić information content (AvgIpc) is 3.21. The summed E-state index contributed by atoms with van der Waals surface area (Å²) in [5.74, 6) is 1.02. The summed E-state index contributed by atoms with van der Waals surface area (Å²) in [7, 11) is 5.47. The fourth-order valence-corrected chi connectivity index (χ4v) is 5.72. The normalized spacial score (nSPS) is 23.8. The van der Waals surface area contributed by atoms with Crippen molar-refractivity contribution >= 4 is 17.7 Å². The number of likely N-dealkylation sites (tertiary alicyclic amines) is 1. The second-order valence-electron chi connectivity index (χ2n) is 9.31. The lowest BCUT2D eigenvalue weighted by Gasteiger charge is -2.45. The third-order valence-electron chi connectivity index (χ3n) is 7.49. The lowest BCUT2D eigenvalue weighted by Crippen LogP contribution is -2.52. The highest BCUT2D eigenvalue weighted by atomic mass is 16.5. The maximum atomic E-state index is 12.9. The second kappa shape index (κ2) is 10.6. The van der Waals surface area contributed by atoms with E-state index >= 15 is 0 Å². The summed E-state index contributed by atoms with van der Waals surface area (Å²) in [6.45, 7) is 3.04. The van der Waals surface area contributed by atoms with Gasteiger partial charge in [-0.25, -0.2) is 9.59 Å². The summed E-state index contributed by atoms with van der Waals surface area (Å²) in [4.78, 5) is 27.5. The molecule has 0 spiro atoms. The Labute approximate surface area is 206 Å². The molecule has 2 amide bonds. The number of methoxy groups -OCH3 is 2. The van der Waals surface area contributed by atoms with Crippen LogP contribution >= 0.6 is 0 Å². The van der Waals surface area contributed by atoms with Crippen molar-refractivity contribution in [1.29, 1.82) is 0 Å². The molecule has 188 valence electrons. The van der Waals surface area contributed by atoms with Crippen molar-refractivity contribution in [2.24, 2.45) is 0 Å². The molecule has 8 nitrogen and oxygen atoms in total. The van der Waals surface area contributed by atoms with Gasteiger partial charge in [-0.1, -0.05) is 18.2 Å². The number of benzene rings is 2. The zero-order valence-corrected chi connectivity index (χ0v) is 20.9. The van der Waals surface area contributed by atoms with Crippen molar-refractivity contribution in [2.75, 3.05) is 39.7 Å². The third-order valence-corrected chi connectivity index (χ3v) is 7.49. The number of esters is 1. The lowest BCUT2D eigenvalue weighted by atomic mass is 9.65. The highest BCUT2D eigenvalue weighted by Gasteiger charge is 2.50.